The molecule has 0 aliphatic rings. The molecule has 0 aliphatic carbocycles. The predicted octanol–water partition coefficient (Wildman–Crippen LogP) is 4.38. The average Bonchev–Trinajstić information content (AvgIpc) is 2.70. The summed E-state index contributed by atoms with van der Waals surface area (Å²) in [5.74, 6) is 0. The molecule has 1 atom stereocenters. The highest BCUT2D eigenvalue weighted by atomic mass is 32.2. The third-order valence-corrected chi connectivity index (χ3v) is 5.23. The second-order valence-corrected chi connectivity index (χ2v) is 8.36. The Bertz CT molecular complexity index is 1140. The van der Waals surface area contributed by atoms with Gasteiger partial charge in [-0.2, -0.15) is 17.7 Å². The van der Waals surface area contributed by atoms with Gasteiger partial charge in [-0.25, -0.2) is 8.42 Å². The standard InChI is InChI=1S/C19H20N2OS.CHF3O3S/c1-4-13(2)22-19(23)20-18-14-9-5-7-11-16(14)21(3)17-12-8-6-10-15(17)18;2-1(3,4)8(5,6)7/h5-13H,4H2,1-3H3;(H,5,6,7). The average molecular weight is 475 g/mol. The lowest BCUT2D eigenvalue weighted by atomic mass is 10.1. The lowest BCUT2D eigenvalue weighted by molar-refractivity contribution is -0.617. The third-order valence-electron chi connectivity index (χ3n) is 4.46. The number of thiocarbonyl (C=S) groups is 1. The lowest BCUT2D eigenvalue weighted by Crippen LogP contribution is -2.31. The maximum atomic E-state index is 10.7. The molecular weight excluding hydrogens is 453 g/mol. The van der Waals surface area contributed by atoms with Crippen LogP contribution in [0.15, 0.2) is 48.5 Å². The van der Waals surface area contributed by atoms with Gasteiger partial charge in [0.1, 0.15) is 7.05 Å². The number of hydrogen-bond acceptors (Lipinski definition) is 5. The molecule has 11 heteroatoms. The molecule has 6 nitrogen and oxygen atoms in total. The van der Waals surface area contributed by atoms with E-state index in [4.69, 9.17) is 29.9 Å². The first kappa shape index (κ1) is 24.8. The summed E-state index contributed by atoms with van der Waals surface area (Å²) >= 11 is 5.40. The second kappa shape index (κ2) is 9.75. The summed E-state index contributed by atoms with van der Waals surface area (Å²) in [6.07, 6.45) is 1.03. The fourth-order valence-corrected chi connectivity index (χ4v) is 3.03. The summed E-state index contributed by atoms with van der Waals surface area (Å²) in [6, 6.07) is 16.6. The van der Waals surface area contributed by atoms with Gasteiger partial charge in [-0.1, -0.05) is 31.2 Å². The summed E-state index contributed by atoms with van der Waals surface area (Å²) in [6.45, 7) is 4.11. The first-order chi connectivity index (χ1) is 14.4. The molecule has 2 aromatic carbocycles. The zero-order valence-corrected chi connectivity index (χ0v) is 18.6. The Morgan fingerprint density at radius 3 is 1.94 bits per heavy atom. The van der Waals surface area contributed by atoms with Crippen molar-refractivity contribution >= 4 is 55.0 Å². The van der Waals surface area contributed by atoms with E-state index in [0.717, 1.165) is 33.9 Å². The molecule has 0 spiro atoms. The van der Waals surface area contributed by atoms with E-state index in [2.05, 4.69) is 60.3 Å². The van der Waals surface area contributed by atoms with Gasteiger partial charge in [0.2, 0.25) is 11.0 Å². The molecule has 0 amide bonds. The van der Waals surface area contributed by atoms with E-state index in [1.807, 2.05) is 19.1 Å². The molecular formula is C20H21F3N2O4S2. The number of pyridine rings is 1. The highest BCUT2D eigenvalue weighted by Crippen LogP contribution is 2.29. The minimum absolute atomic E-state index is 0.104. The van der Waals surface area contributed by atoms with Crippen molar-refractivity contribution in [3.8, 4) is 0 Å². The largest absolute Gasteiger partial charge is 0.741 e. The van der Waals surface area contributed by atoms with Crippen LogP contribution in [0.3, 0.4) is 0 Å². The fraction of sp³-hybridized carbons (Fsp3) is 0.300. The van der Waals surface area contributed by atoms with E-state index >= 15 is 0 Å². The van der Waals surface area contributed by atoms with Gasteiger partial charge in [-0.3, -0.25) is 0 Å². The van der Waals surface area contributed by atoms with Crippen LogP contribution in [0, 0.1) is 0 Å². The van der Waals surface area contributed by atoms with Crippen LogP contribution in [0.5, 0.6) is 0 Å². The molecule has 1 unspecified atom stereocenters. The molecule has 1 heterocycles. The van der Waals surface area contributed by atoms with Crippen molar-refractivity contribution in [2.24, 2.45) is 7.05 Å². The topological polar surface area (TPSA) is 82.3 Å². The van der Waals surface area contributed by atoms with Gasteiger partial charge in [0.05, 0.1) is 22.6 Å². The van der Waals surface area contributed by atoms with Crippen molar-refractivity contribution in [1.82, 2.24) is 0 Å². The SMILES string of the molecule is CCC(C)OC(=S)Nc1c2ccccc2[n+](C)c2ccccc12.O=S(=O)([O-])C(F)(F)F. The van der Waals surface area contributed by atoms with E-state index < -0.39 is 15.6 Å². The van der Waals surface area contributed by atoms with Crippen LogP contribution in [-0.2, 0) is 21.9 Å². The maximum Gasteiger partial charge on any atom is 0.485 e. The minimum atomic E-state index is -6.09. The first-order valence-corrected chi connectivity index (χ1v) is 11.0. The number of halogens is 3. The summed E-state index contributed by atoms with van der Waals surface area (Å²) in [5.41, 5.74) is -2.34. The summed E-state index contributed by atoms with van der Waals surface area (Å²) in [7, 11) is -4.00. The Balaban J connectivity index is 0.000000366. The van der Waals surface area contributed by atoms with Crippen molar-refractivity contribution in [2.45, 2.75) is 31.9 Å². The van der Waals surface area contributed by atoms with Gasteiger partial charge >= 0.3 is 5.51 Å². The number of fused-ring (bicyclic) bond motifs is 2. The van der Waals surface area contributed by atoms with Crippen LogP contribution in [-0.4, -0.2) is 29.8 Å². The van der Waals surface area contributed by atoms with Crippen LogP contribution in [0.1, 0.15) is 20.3 Å². The zero-order chi connectivity index (χ0) is 23.4. The van der Waals surface area contributed by atoms with E-state index in [9.17, 15) is 13.2 Å². The molecule has 0 saturated heterocycles. The second-order valence-electron chi connectivity index (χ2n) is 6.62. The van der Waals surface area contributed by atoms with Crippen LogP contribution in [0.4, 0.5) is 18.9 Å². The molecule has 3 aromatic rings. The Hall–Kier alpha value is -2.50. The fourth-order valence-electron chi connectivity index (χ4n) is 2.76. The number of anilines is 1. The molecule has 0 fully saturated rings. The third kappa shape index (κ3) is 6.02. The number of nitrogens with zero attached hydrogens (tertiary/aromatic N) is 1. The number of aryl methyl sites for hydroxylation is 1. The summed E-state index contributed by atoms with van der Waals surface area (Å²) in [5, 5.41) is 5.99. The van der Waals surface area contributed by atoms with Gasteiger partial charge in [0, 0.05) is 12.1 Å². The van der Waals surface area contributed by atoms with Crippen molar-refractivity contribution in [3.05, 3.63) is 48.5 Å². The molecule has 168 valence electrons. The van der Waals surface area contributed by atoms with Crippen LogP contribution in [0.25, 0.3) is 21.8 Å². The normalized spacial score (nSPS) is 12.7. The highest BCUT2D eigenvalue weighted by molar-refractivity contribution is 7.86. The molecule has 1 N–H and O–H groups in total. The summed E-state index contributed by atoms with van der Waals surface area (Å²) in [4.78, 5) is 0. The molecule has 0 aliphatic heterocycles. The molecule has 3 rings (SSSR count). The number of rotatable bonds is 3. The summed E-state index contributed by atoms with van der Waals surface area (Å²) < 4.78 is 66.9. The maximum absolute atomic E-state index is 10.7. The Morgan fingerprint density at radius 2 is 1.55 bits per heavy atom. The molecule has 31 heavy (non-hydrogen) atoms. The zero-order valence-electron chi connectivity index (χ0n) is 16.9. The molecule has 0 radical (unpaired) electrons. The quantitative estimate of drug-likeness (QED) is 0.199. The van der Waals surface area contributed by atoms with Crippen LogP contribution in [0.2, 0.25) is 0 Å². The van der Waals surface area contributed by atoms with Crippen molar-refractivity contribution in [1.29, 1.82) is 0 Å². The van der Waals surface area contributed by atoms with E-state index in [1.165, 1.54) is 0 Å². The van der Waals surface area contributed by atoms with Crippen LogP contribution < -0.4 is 9.88 Å². The molecule has 1 aromatic heterocycles. The number of nitrogens with one attached hydrogen (secondary N) is 1. The number of aromatic nitrogens is 1. The van der Waals surface area contributed by atoms with Crippen molar-refractivity contribution in [3.63, 3.8) is 0 Å². The van der Waals surface area contributed by atoms with Crippen LogP contribution >= 0.6 is 12.2 Å². The number of para-hydroxylation sites is 2. The van der Waals surface area contributed by atoms with Gasteiger partial charge < -0.3 is 14.6 Å². The minimum Gasteiger partial charge on any atom is -0.741 e. The highest BCUT2D eigenvalue weighted by Gasteiger charge is 2.36. The van der Waals surface area contributed by atoms with Gasteiger partial charge in [-0.15, -0.1) is 0 Å². The smallest absolute Gasteiger partial charge is 0.485 e. The number of ether oxygens (including phenoxy) is 1. The Morgan fingerprint density at radius 1 is 1.13 bits per heavy atom. The Kier molecular flexibility index (Phi) is 7.79. The monoisotopic (exact) mass is 474 g/mol. The first-order valence-electron chi connectivity index (χ1n) is 9.16. The number of benzene rings is 2. The van der Waals surface area contributed by atoms with E-state index in [1.54, 1.807) is 0 Å². The predicted molar refractivity (Wildman–Crippen MR) is 115 cm³/mol. The van der Waals surface area contributed by atoms with Gasteiger partial charge in [0.15, 0.2) is 10.1 Å². The lowest BCUT2D eigenvalue weighted by Gasteiger charge is -2.16. The van der Waals surface area contributed by atoms with Gasteiger partial charge in [-0.05, 0) is 37.7 Å². The molecule has 0 bridgehead atoms. The number of alkyl halides is 3. The van der Waals surface area contributed by atoms with Gasteiger partial charge in [0.25, 0.3) is 5.17 Å². The van der Waals surface area contributed by atoms with E-state index in [-0.39, 0.29) is 6.10 Å². The molecule has 0 saturated carbocycles. The number of hydrogen-bond donors (Lipinski definition) is 1. The van der Waals surface area contributed by atoms with E-state index in [0.29, 0.717) is 5.17 Å². The van der Waals surface area contributed by atoms with Crippen molar-refractivity contribution < 1.29 is 35.4 Å². The van der Waals surface area contributed by atoms with Crippen molar-refractivity contribution in [2.75, 3.05) is 5.32 Å². The Labute approximate surface area is 183 Å².